The highest BCUT2D eigenvalue weighted by Gasteiger charge is 2.43. The minimum Gasteiger partial charge on any atom is -0.338 e. The molecule has 0 saturated carbocycles. The Balaban J connectivity index is 0.840. The van der Waals surface area contributed by atoms with Gasteiger partial charge in [-0.25, -0.2) is 24.9 Å². The number of rotatable bonds is 9. The highest BCUT2D eigenvalue weighted by atomic mass is 32.2. The predicted molar refractivity (Wildman–Crippen MR) is 276 cm³/mol. The number of carbonyl (C=O) groups is 8. The zero-order valence-corrected chi connectivity index (χ0v) is 41.1. The summed E-state index contributed by atoms with van der Waals surface area (Å²) < 4.78 is 42.0. The molecule has 4 aliphatic heterocycles. The number of imide groups is 4. The van der Waals surface area contributed by atoms with Crippen LogP contribution in [-0.4, -0.2) is 87.4 Å². The Morgan fingerprint density at radius 2 is 0.883 bits per heavy atom. The Bertz CT molecular complexity index is 4340. The number of hydrogen-bond acceptors (Lipinski definition) is 15. The van der Waals surface area contributed by atoms with Gasteiger partial charge in [0.2, 0.25) is 0 Å². The summed E-state index contributed by atoms with van der Waals surface area (Å²) in [4.78, 5) is 123. The third-order valence-electron chi connectivity index (χ3n) is 14.2. The average molecular weight is 1060 g/mol. The summed E-state index contributed by atoms with van der Waals surface area (Å²) >= 11 is 0.315. The van der Waals surface area contributed by atoms with E-state index in [-0.39, 0.29) is 99.1 Å². The van der Waals surface area contributed by atoms with Crippen molar-refractivity contribution in [2.45, 2.75) is 16.7 Å². The van der Waals surface area contributed by atoms with E-state index in [0.717, 1.165) is 31.9 Å². The van der Waals surface area contributed by atoms with Gasteiger partial charge in [0.05, 0.1) is 40.1 Å². The molecule has 0 bridgehead atoms. The first-order chi connectivity index (χ1) is 36.9. The second-order valence-corrected chi connectivity index (χ2v) is 20.5. The third-order valence-corrected chi connectivity index (χ3v) is 15.8. The van der Waals surface area contributed by atoms with E-state index in [9.17, 15) is 56.6 Å². The molecule has 77 heavy (non-hydrogen) atoms. The molecule has 1 aromatic heterocycles. The molecular weight excluding hydrogens is 1030 g/mol. The summed E-state index contributed by atoms with van der Waals surface area (Å²) in [5.74, 6) is -5.67. The van der Waals surface area contributed by atoms with Gasteiger partial charge in [-0.3, -0.25) is 47.8 Å². The number of nitrogens with zero attached hydrogens (tertiary/aromatic N) is 5. The van der Waals surface area contributed by atoms with E-state index in [4.69, 9.17) is 9.32 Å². The molecule has 0 saturated heterocycles. The van der Waals surface area contributed by atoms with Crippen molar-refractivity contribution in [2.24, 2.45) is 0 Å². The molecule has 0 atom stereocenters. The van der Waals surface area contributed by atoms with E-state index in [1.54, 1.807) is 18.2 Å². The molecule has 0 radical (unpaired) electrons. The summed E-state index contributed by atoms with van der Waals surface area (Å²) in [7, 11) is -3.92. The van der Waals surface area contributed by atoms with Crippen molar-refractivity contribution in [3.05, 3.63) is 177 Å². The van der Waals surface area contributed by atoms with Crippen LogP contribution in [0.1, 0.15) is 88.4 Å². The number of hydrogen-bond donors (Lipinski definition) is 3. The summed E-state index contributed by atoms with van der Waals surface area (Å²) in [6.07, 6.45) is 0. The molecular formula is C55H30N6O14S2. The number of H-pyrrole nitrogens is 1. The van der Waals surface area contributed by atoms with Gasteiger partial charge in [0.1, 0.15) is 10.7 Å². The van der Waals surface area contributed by atoms with Gasteiger partial charge in [-0.1, -0.05) is 47.0 Å². The van der Waals surface area contributed by atoms with Crippen molar-refractivity contribution in [1.82, 2.24) is 14.9 Å². The van der Waals surface area contributed by atoms with Crippen molar-refractivity contribution in [3.63, 3.8) is 0 Å². The van der Waals surface area contributed by atoms with Crippen LogP contribution < -0.4 is 14.7 Å². The van der Waals surface area contributed by atoms with Gasteiger partial charge in [0.25, 0.3) is 57.4 Å². The molecule has 13 rings (SSSR count). The normalized spacial score (nSPS) is 15.1. The number of aryl methyl sites for hydroxylation is 1. The number of benzene rings is 8. The van der Waals surface area contributed by atoms with Crippen molar-refractivity contribution >= 4 is 119 Å². The summed E-state index contributed by atoms with van der Waals surface area (Å²) in [5.41, 5.74) is 2.75. The van der Waals surface area contributed by atoms with E-state index >= 15 is 0 Å². The highest BCUT2D eigenvalue weighted by Crippen LogP contribution is 2.45. The SMILES string of the molecule is Cc1ccc(-c2nc3cc(N4C(=O)c5ccc6c7c(ccc(c57)C4=O)C(=O)N(c4ccc(-c5ccc(N7C(=O)c8ccc9c%10c(ccc(c8%10)C7=O)C(=O)N(C)C9=O)cc5S(=O)(=O)O)c(SOOO)c4)C6=O)ccc3[nH]2)cc1. The topological polar surface area (TPSA) is 271 Å². The predicted octanol–water partition coefficient (Wildman–Crippen LogP) is 8.81. The van der Waals surface area contributed by atoms with E-state index in [1.165, 1.54) is 85.9 Å². The lowest BCUT2D eigenvalue weighted by atomic mass is 9.85. The van der Waals surface area contributed by atoms with Crippen molar-refractivity contribution < 1.29 is 66.0 Å². The molecule has 22 heteroatoms. The third kappa shape index (κ3) is 6.80. The Kier molecular flexibility index (Phi) is 10.2. The first-order valence-corrected chi connectivity index (χ1v) is 25.3. The number of nitrogens with one attached hydrogen (secondary N) is 1. The molecule has 0 aliphatic carbocycles. The number of imidazole rings is 1. The molecule has 376 valence electrons. The van der Waals surface area contributed by atoms with Gasteiger partial charge in [0.15, 0.2) is 0 Å². The number of amides is 8. The van der Waals surface area contributed by atoms with Crippen LogP contribution in [0.2, 0.25) is 0 Å². The van der Waals surface area contributed by atoms with Crippen LogP contribution in [0.4, 0.5) is 17.1 Å². The van der Waals surface area contributed by atoms with Crippen LogP contribution in [-0.2, 0) is 19.5 Å². The molecule has 8 amide bonds. The minimum atomic E-state index is -5.23. The molecule has 0 fully saturated rings. The fraction of sp³-hybridized carbons (Fsp3) is 0.0364. The standard InChI is InChI=1S/C55H30N6O14S2/c1-24-3-5-25(6-4-24)47-56-39-20-9-26(21-40(39)57-47)59-50(64)35-16-18-37-46-38(19-17-36(45(35)46)51(59)65)53(67)60(52(37)66)27-7-10-29(41(22-27)76-75-74-70)30-11-8-28(23-42(30)77(71,72)73)61-54(68)33-14-12-31-43-32(49(63)58(2)48(31)62)13-15-34(44(33)43)55(61)69/h3-23,70H,1-2H3,(H,56,57)(H,71,72,73). The molecule has 9 aromatic rings. The van der Waals surface area contributed by atoms with Gasteiger partial charge < -0.3 is 4.98 Å². The number of fused-ring (bicyclic) bond motifs is 1. The molecule has 0 unspecified atom stereocenters. The second-order valence-electron chi connectivity index (χ2n) is 18.4. The maximum Gasteiger partial charge on any atom is 0.295 e. The fourth-order valence-electron chi connectivity index (χ4n) is 10.6. The monoisotopic (exact) mass is 1060 g/mol. The molecule has 8 aromatic carbocycles. The second kappa shape index (κ2) is 16.7. The first-order valence-electron chi connectivity index (χ1n) is 23.1. The summed E-state index contributed by atoms with van der Waals surface area (Å²) in [5, 5.41) is 13.5. The van der Waals surface area contributed by atoms with Crippen molar-refractivity contribution in [3.8, 4) is 22.5 Å². The zero-order chi connectivity index (χ0) is 53.7. The molecule has 5 heterocycles. The van der Waals surface area contributed by atoms with Crippen molar-refractivity contribution in [2.75, 3.05) is 21.7 Å². The maximum atomic E-state index is 14.6. The Labute approximate surface area is 436 Å². The van der Waals surface area contributed by atoms with E-state index < -0.39 is 62.3 Å². The lowest BCUT2D eigenvalue weighted by molar-refractivity contribution is -0.432. The summed E-state index contributed by atoms with van der Waals surface area (Å²) in [6, 6.07) is 30.7. The zero-order valence-electron chi connectivity index (χ0n) is 39.5. The highest BCUT2D eigenvalue weighted by molar-refractivity contribution is 7.94. The number of aromatic nitrogens is 2. The first kappa shape index (κ1) is 47.2. The van der Waals surface area contributed by atoms with Crippen molar-refractivity contribution in [1.29, 1.82) is 0 Å². The van der Waals surface area contributed by atoms with E-state index in [2.05, 4.69) is 10.0 Å². The number of carbonyl (C=O) groups excluding carboxylic acids is 8. The largest absolute Gasteiger partial charge is 0.338 e. The van der Waals surface area contributed by atoms with Gasteiger partial charge in [-0.05, 0) is 103 Å². The van der Waals surface area contributed by atoms with Gasteiger partial charge in [-0.15, -0.1) is 4.33 Å². The van der Waals surface area contributed by atoms with Crippen LogP contribution in [0.15, 0.2) is 137 Å². The van der Waals surface area contributed by atoms with Crippen LogP contribution in [0.25, 0.3) is 55.1 Å². The van der Waals surface area contributed by atoms with Gasteiger partial charge >= 0.3 is 0 Å². The van der Waals surface area contributed by atoms with Crippen LogP contribution >= 0.6 is 12.0 Å². The number of anilines is 3. The van der Waals surface area contributed by atoms with E-state index in [0.29, 0.717) is 33.8 Å². The smallest absolute Gasteiger partial charge is 0.295 e. The van der Waals surface area contributed by atoms with E-state index in [1.807, 2.05) is 31.2 Å². The fourth-order valence-corrected chi connectivity index (χ4v) is 11.9. The van der Waals surface area contributed by atoms with Crippen LogP contribution in [0.3, 0.4) is 0 Å². The lowest BCUT2D eigenvalue weighted by Crippen LogP contribution is -2.43. The van der Waals surface area contributed by atoms with Crippen LogP contribution in [0.5, 0.6) is 0 Å². The quantitative estimate of drug-likeness (QED) is 0.0400. The maximum absolute atomic E-state index is 14.6. The lowest BCUT2D eigenvalue weighted by Gasteiger charge is -2.32. The summed E-state index contributed by atoms with van der Waals surface area (Å²) in [6.45, 7) is 1.97. The molecule has 0 spiro atoms. The Morgan fingerprint density at radius 1 is 0.494 bits per heavy atom. The van der Waals surface area contributed by atoms with Gasteiger partial charge in [-0.2, -0.15) is 8.42 Å². The molecule has 4 aliphatic rings. The Hall–Kier alpha value is -9.55. The van der Waals surface area contributed by atoms with Gasteiger partial charge in [0, 0.05) is 89.1 Å². The Morgan fingerprint density at radius 3 is 1.32 bits per heavy atom. The minimum absolute atomic E-state index is 0.0346. The average Bonchev–Trinajstić information content (AvgIpc) is 4.05. The molecule has 3 N–H and O–H groups in total. The molecule has 20 nitrogen and oxygen atoms in total. The number of aromatic amines is 1. The van der Waals surface area contributed by atoms with Crippen LogP contribution in [0, 0.1) is 6.92 Å².